The van der Waals surface area contributed by atoms with Gasteiger partial charge < -0.3 is 10.2 Å². The lowest BCUT2D eigenvalue weighted by Crippen LogP contribution is -2.31. The molecule has 1 aliphatic rings. The molecule has 2 amide bonds. The third-order valence-corrected chi connectivity index (χ3v) is 5.14. The Kier molecular flexibility index (Phi) is 4.84. The number of likely N-dealkylation sites (tertiary alicyclic amines) is 1. The lowest BCUT2D eigenvalue weighted by atomic mass is 10.1. The third-order valence-electron chi connectivity index (χ3n) is 3.75. The Labute approximate surface area is 137 Å². The molecular weight excluding hydrogens is 318 g/mol. The Morgan fingerprint density at radius 3 is 3.00 bits per heavy atom. The number of anilines is 1. The summed E-state index contributed by atoms with van der Waals surface area (Å²) in [4.78, 5) is 30.1. The molecule has 1 N–H and O–H groups in total. The van der Waals surface area contributed by atoms with Crippen LogP contribution in [0.1, 0.15) is 37.3 Å². The maximum atomic E-state index is 12.4. The summed E-state index contributed by atoms with van der Waals surface area (Å²) in [6, 6.07) is 2.26. The molecule has 2 aromatic heterocycles. The van der Waals surface area contributed by atoms with Crippen molar-refractivity contribution < 1.29 is 9.59 Å². The first kappa shape index (κ1) is 15.2. The van der Waals surface area contributed by atoms with Crippen LogP contribution in [-0.4, -0.2) is 28.2 Å². The van der Waals surface area contributed by atoms with Crippen molar-refractivity contribution >= 4 is 39.6 Å². The monoisotopic (exact) mass is 335 g/mol. The van der Waals surface area contributed by atoms with Gasteiger partial charge in [-0.1, -0.05) is 0 Å². The number of carbonyl (C=O) groups excluding carboxylic acids is 2. The molecule has 7 heteroatoms. The lowest BCUT2D eigenvalue weighted by Gasteiger charge is -2.24. The van der Waals surface area contributed by atoms with Crippen LogP contribution in [0, 0.1) is 0 Å². The van der Waals surface area contributed by atoms with Crippen molar-refractivity contribution in [2.75, 3.05) is 11.9 Å². The zero-order valence-electron chi connectivity index (χ0n) is 12.0. The van der Waals surface area contributed by atoms with Crippen molar-refractivity contribution in [2.45, 2.75) is 31.7 Å². The van der Waals surface area contributed by atoms with Gasteiger partial charge in [0.1, 0.15) is 0 Å². The van der Waals surface area contributed by atoms with E-state index in [0.29, 0.717) is 5.13 Å². The molecule has 3 rings (SSSR count). The van der Waals surface area contributed by atoms with E-state index in [9.17, 15) is 9.59 Å². The maximum Gasteiger partial charge on any atom is 0.226 e. The summed E-state index contributed by atoms with van der Waals surface area (Å²) < 4.78 is 0. The molecule has 1 aliphatic heterocycles. The minimum atomic E-state index is -0.158. The SMILES string of the molecule is O=C(CCC(=O)N1CCC[C@@H]1c1ccsc1)Nc1nccs1. The Balaban J connectivity index is 1.52. The summed E-state index contributed by atoms with van der Waals surface area (Å²) in [6.45, 7) is 0.785. The van der Waals surface area contributed by atoms with Crippen molar-refractivity contribution in [1.82, 2.24) is 9.88 Å². The second kappa shape index (κ2) is 7.02. The zero-order valence-corrected chi connectivity index (χ0v) is 13.7. The van der Waals surface area contributed by atoms with Gasteiger partial charge in [-0.05, 0) is 35.2 Å². The summed E-state index contributed by atoms with van der Waals surface area (Å²) in [7, 11) is 0. The standard InChI is InChI=1S/C15H17N3O2S2/c19-13(17-15-16-6-9-22-15)3-4-14(20)18-7-1-2-12(18)11-5-8-21-10-11/h5-6,8-10,12H,1-4,7H2,(H,16,17,19)/t12-/m1/s1. The predicted molar refractivity (Wildman–Crippen MR) is 88.0 cm³/mol. The van der Waals surface area contributed by atoms with Gasteiger partial charge in [0.15, 0.2) is 5.13 Å². The van der Waals surface area contributed by atoms with E-state index >= 15 is 0 Å². The molecule has 5 nitrogen and oxygen atoms in total. The quantitative estimate of drug-likeness (QED) is 0.912. The minimum Gasteiger partial charge on any atom is -0.336 e. The molecule has 1 saturated heterocycles. The molecule has 0 saturated carbocycles. The van der Waals surface area contributed by atoms with Crippen molar-refractivity contribution in [1.29, 1.82) is 0 Å². The number of nitrogens with one attached hydrogen (secondary N) is 1. The van der Waals surface area contributed by atoms with Crippen molar-refractivity contribution in [3.05, 3.63) is 34.0 Å². The highest BCUT2D eigenvalue weighted by Crippen LogP contribution is 2.33. The van der Waals surface area contributed by atoms with Gasteiger partial charge >= 0.3 is 0 Å². The predicted octanol–water partition coefficient (Wildman–Crippen LogP) is 3.29. The Hall–Kier alpha value is -1.73. The van der Waals surface area contributed by atoms with Gasteiger partial charge in [0.25, 0.3) is 0 Å². The molecule has 3 heterocycles. The molecule has 0 radical (unpaired) electrons. The number of hydrogen-bond donors (Lipinski definition) is 1. The molecule has 22 heavy (non-hydrogen) atoms. The van der Waals surface area contributed by atoms with Crippen LogP contribution in [0.3, 0.4) is 0 Å². The molecule has 0 bridgehead atoms. The van der Waals surface area contributed by atoms with Crippen LogP contribution < -0.4 is 5.32 Å². The summed E-state index contributed by atoms with van der Waals surface area (Å²) in [5.74, 6) is -0.0995. The molecular formula is C15H17N3O2S2. The van der Waals surface area contributed by atoms with Crippen LogP contribution in [0.4, 0.5) is 5.13 Å². The van der Waals surface area contributed by atoms with Gasteiger partial charge in [-0.2, -0.15) is 11.3 Å². The average molecular weight is 335 g/mol. The summed E-state index contributed by atoms with van der Waals surface area (Å²) in [5, 5.41) is 9.23. The number of aromatic nitrogens is 1. The molecule has 1 fully saturated rings. The maximum absolute atomic E-state index is 12.4. The van der Waals surface area contributed by atoms with Crippen LogP contribution in [-0.2, 0) is 9.59 Å². The van der Waals surface area contributed by atoms with Gasteiger partial charge in [0, 0.05) is 31.0 Å². The molecule has 0 spiro atoms. The second-order valence-corrected chi connectivity index (χ2v) is 6.86. The van der Waals surface area contributed by atoms with E-state index < -0.39 is 0 Å². The normalized spacial score (nSPS) is 17.6. The Bertz CT molecular complexity index is 625. The number of hydrogen-bond acceptors (Lipinski definition) is 5. The van der Waals surface area contributed by atoms with Gasteiger partial charge in [-0.3, -0.25) is 9.59 Å². The van der Waals surface area contributed by atoms with E-state index in [-0.39, 0.29) is 30.7 Å². The number of thiazole rings is 1. The fourth-order valence-electron chi connectivity index (χ4n) is 2.71. The summed E-state index contributed by atoms with van der Waals surface area (Å²) >= 11 is 3.02. The van der Waals surface area contributed by atoms with Crippen LogP contribution >= 0.6 is 22.7 Å². The highest BCUT2D eigenvalue weighted by atomic mass is 32.1. The van der Waals surface area contributed by atoms with E-state index in [4.69, 9.17) is 0 Å². The third kappa shape index (κ3) is 3.53. The average Bonchev–Trinajstić information content (AvgIpc) is 3.23. The van der Waals surface area contributed by atoms with Gasteiger partial charge in [-0.25, -0.2) is 4.98 Å². The molecule has 0 aliphatic carbocycles. The molecule has 0 unspecified atom stereocenters. The fraction of sp³-hybridized carbons (Fsp3) is 0.400. The fourth-order valence-corrected chi connectivity index (χ4v) is 3.96. The van der Waals surface area contributed by atoms with Crippen LogP contribution in [0.25, 0.3) is 0 Å². The van der Waals surface area contributed by atoms with Crippen LogP contribution in [0.2, 0.25) is 0 Å². The van der Waals surface area contributed by atoms with Crippen LogP contribution in [0.5, 0.6) is 0 Å². The number of thiophene rings is 1. The van der Waals surface area contributed by atoms with E-state index in [1.54, 1.807) is 22.9 Å². The highest BCUT2D eigenvalue weighted by Gasteiger charge is 2.30. The largest absolute Gasteiger partial charge is 0.336 e. The van der Waals surface area contributed by atoms with Crippen LogP contribution in [0.15, 0.2) is 28.4 Å². The minimum absolute atomic E-state index is 0.0583. The molecule has 2 aromatic rings. The van der Waals surface area contributed by atoms with Crippen molar-refractivity contribution in [3.63, 3.8) is 0 Å². The van der Waals surface area contributed by atoms with Gasteiger partial charge in [0.2, 0.25) is 11.8 Å². The topological polar surface area (TPSA) is 62.3 Å². The number of rotatable bonds is 5. The number of carbonyl (C=O) groups is 2. The van der Waals surface area contributed by atoms with Crippen molar-refractivity contribution in [3.8, 4) is 0 Å². The smallest absolute Gasteiger partial charge is 0.226 e. The van der Waals surface area contributed by atoms with E-state index in [1.807, 2.05) is 10.3 Å². The Morgan fingerprint density at radius 2 is 2.27 bits per heavy atom. The lowest BCUT2D eigenvalue weighted by molar-refractivity contribution is -0.133. The van der Waals surface area contributed by atoms with E-state index in [0.717, 1.165) is 19.4 Å². The Morgan fingerprint density at radius 1 is 1.36 bits per heavy atom. The first-order chi connectivity index (χ1) is 10.7. The number of nitrogens with zero attached hydrogens (tertiary/aromatic N) is 2. The molecule has 116 valence electrons. The zero-order chi connectivity index (χ0) is 15.4. The first-order valence-corrected chi connectivity index (χ1v) is 9.07. The van der Waals surface area contributed by atoms with Crippen molar-refractivity contribution in [2.24, 2.45) is 0 Å². The number of amides is 2. The second-order valence-electron chi connectivity index (χ2n) is 5.19. The van der Waals surface area contributed by atoms with Gasteiger partial charge in [-0.15, -0.1) is 11.3 Å². The molecule has 1 atom stereocenters. The first-order valence-electron chi connectivity index (χ1n) is 7.25. The molecule has 0 aromatic carbocycles. The van der Waals surface area contributed by atoms with E-state index in [1.165, 1.54) is 16.9 Å². The van der Waals surface area contributed by atoms with E-state index in [2.05, 4.69) is 21.7 Å². The summed E-state index contributed by atoms with van der Waals surface area (Å²) in [5.41, 5.74) is 1.21. The summed E-state index contributed by atoms with van der Waals surface area (Å²) in [6.07, 6.45) is 4.12. The van der Waals surface area contributed by atoms with Gasteiger partial charge in [0.05, 0.1) is 6.04 Å². The highest BCUT2D eigenvalue weighted by molar-refractivity contribution is 7.13.